The molecule has 1 aromatic heterocycles. The molecule has 10 heteroatoms. The normalized spacial score (nSPS) is 17.1. The fraction of sp³-hybridized carbons (Fsp3) is 0.148. The number of methoxy groups -OCH3 is 1. The quantitative estimate of drug-likeness (QED) is 0.154. The number of ether oxygens (including phenoxy) is 1. The van der Waals surface area contributed by atoms with E-state index >= 15 is 0 Å². The number of halogens is 2. The maximum absolute atomic E-state index is 13.5. The number of benzene rings is 3. The van der Waals surface area contributed by atoms with E-state index in [1.54, 1.807) is 30.3 Å². The second-order valence-electron chi connectivity index (χ2n) is 8.65. The summed E-state index contributed by atoms with van der Waals surface area (Å²) in [5.41, 5.74) is 3.37. The Balaban J connectivity index is 1.78. The molecule has 0 aliphatic carbocycles. The Labute approximate surface area is 229 Å². The van der Waals surface area contributed by atoms with Gasteiger partial charge in [-0.2, -0.15) is 0 Å². The Morgan fingerprint density at radius 2 is 1.84 bits per heavy atom. The number of hydrogen-bond acceptors (Lipinski definition) is 7. The summed E-state index contributed by atoms with van der Waals surface area (Å²) in [6.45, 7) is 3.91. The highest BCUT2D eigenvalue weighted by Crippen LogP contribution is 2.47. The number of fused-ring (bicyclic) bond motifs is 1. The molecule has 1 fully saturated rings. The number of nitrogens with zero attached hydrogens (tertiary/aromatic N) is 2. The van der Waals surface area contributed by atoms with Gasteiger partial charge in [0.25, 0.3) is 5.78 Å². The number of anilines is 1. The fourth-order valence-electron chi connectivity index (χ4n) is 4.48. The number of carbonyl (C=O) groups is 2. The number of phenolic OH excluding ortho intramolecular Hbond substituents is 1. The molecule has 37 heavy (non-hydrogen) atoms. The van der Waals surface area contributed by atoms with E-state index in [0.717, 1.165) is 21.3 Å². The van der Waals surface area contributed by atoms with Crippen LogP contribution in [0.2, 0.25) is 5.02 Å². The molecular weight excluding hydrogens is 580 g/mol. The van der Waals surface area contributed by atoms with E-state index in [0.29, 0.717) is 25.8 Å². The number of Topliss-reactive ketones (excluding diaryl/α,β-unsaturated/α-hetero) is 1. The van der Waals surface area contributed by atoms with E-state index in [-0.39, 0.29) is 22.8 Å². The SMILES string of the molecule is COc1cc(C2C(=C(O)c3ccc(Cl)cc3)C(=O)C(=O)N2c2nc3c(C)cc(C)cc3s2)cc(Br)c1O. The molecule has 1 amide bonds. The summed E-state index contributed by atoms with van der Waals surface area (Å²) in [7, 11) is 1.40. The minimum Gasteiger partial charge on any atom is -0.507 e. The number of amides is 1. The summed E-state index contributed by atoms with van der Waals surface area (Å²) >= 11 is 10.6. The highest BCUT2D eigenvalue weighted by atomic mass is 79.9. The van der Waals surface area contributed by atoms with Crippen molar-refractivity contribution in [3.05, 3.63) is 85.9 Å². The Hall–Kier alpha value is -3.40. The van der Waals surface area contributed by atoms with Crippen LogP contribution in [0.15, 0.2) is 58.6 Å². The van der Waals surface area contributed by atoms with Gasteiger partial charge < -0.3 is 14.9 Å². The monoisotopic (exact) mass is 598 g/mol. The van der Waals surface area contributed by atoms with E-state index in [1.165, 1.54) is 29.4 Å². The number of aliphatic hydroxyl groups is 1. The van der Waals surface area contributed by atoms with Gasteiger partial charge in [-0.25, -0.2) is 4.98 Å². The Morgan fingerprint density at radius 3 is 2.51 bits per heavy atom. The predicted molar refractivity (Wildman–Crippen MR) is 148 cm³/mol. The highest BCUT2D eigenvalue weighted by Gasteiger charge is 2.48. The first-order valence-corrected chi connectivity index (χ1v) is 13.1. The van der Waals surface area contributed by atoms with E-state index < -0.39 is 17.7 Å². The predicted octanol–water partition coefficient (Wildman–Crippen LogP) is 6.67. The molecule has 1 aliphatic rings. The minimum atomic E-state index is -1.04. The summed E-state index contributed by atoms with van der Waals surface area (Å²) in [6.07, 6.45) is 0. The topological polar surface area (TPSA) is 100.0 Å². The molecule has 1 atom stereocenters. The van der Waals surface area contributed by atoms with Crippen LogP contribution in [0.5, 0.6) is 11.5 Å². The third-order valence-electron chi connectivity index (χ3n) is 6.17. The van der Waals surface area contributed by atoms with Crippen molar-refractivity contribution in [2.45, 2.75) is 19.9 Å². The number of ketones is 1. The van der Waals surface area contributed by atoms with Gasteiger partial charge in [0.15, 0.2) is 16.6 Å². The van der Waals surface area contributed by atoms with Crippen LogP contribution in [-0.4, -0.2) is 34.0 Å². The molecule has 188 valence electrons. The van der Waals surface area contributed by atoms with Crippen molar-refractivity contribution >= 4 is 71.7 Å². The molecule has 0 spiro atoms. The highest BCUT2D eigenvalue weighted by molar-refractivity contribution is 9.10. The average Bonchev–Trinajstić information content (AvgIpc) is 3.39. The standard InChI is InChI=1S/C27H20BrClN2O5S/c1-12-8-13(2)21-19(9-12)37-27(30-21)31-22(15-10-17(28)24(33)18(11-15)36-3)20(25(34)26(31)35)23(32)14-4-6-16(29)7-5-14/h4-11,22,32-33H,1-3H3. The molecule has 3 aromatic carbocycles. The van der Waals surface area contributed by atoms with Crippen molar-refractivity contribution in [2.75, 3.05) is 12.0 Å². The zero-order valence-electron chi connectivity index (χ0n) is 19.9. The maximum atomic E-state index is 13.5. The Kier molecular flexibility index (Phi) is 6.47. The molecule has 0 saturated carbocycles. The van der Waals surface area contributed by atoms with Crippen molar-refractivity contribution in [3.8, 4) is 11.5 Å². The van der Waals surface area contributed by atoms with Crippen LogP contribution < -0.4 is 9.64 Å². The number of carbonyl (C=O) groups excluding carboxylic acids is 2. The second-order valence-corrected chi connectivity index (χ2v) is 11.0. The zero-order chi connectivity index (χ0) is 26.6. The van der Waals surface area contributed by atoms with Gasteiger partial charge in [0.1, 0.15) is 5.76 Å². The fourth-order valence-corrected chi connectivity index (χ4v) is 6.23. The summed E-state index contributed by atoms with van der Waals surface area (Å²) in [6, 6.07) is 12.4. The average molecular weight is 600 g/mol. The van der Waals surface area contributed by atoms with Gasteiger partial charge >= 0.3 is 5.91 Å². The van der Waals surface area contributed by atoms with E-state index in [9.17, 15) is 19.8 Å². The van der Waals surface area contributed by atoms with Crippen molar-refractivity contribution < 1.29 is 24.5 Å². The largest absolute Gasteiger partial charge is 0.507 e. The van der Waals surface area contributed by atoms with Crippen LogP contribution in [-0.2, 0) is 9.59 Å². The third-order valence-corrected chi connectivity index (χ3v) is 8.03. The van der Waals surface area contributed by atoms with Crippen molar-refractivity contribution in [2.24, 2.45) is 0 Å². The third kappa shape index (κ3) is 4.27. The molecule has 2 heterocycles. The first kappa shape index (κ1) is 25.3. The van der Waals surface area contributed by atoms with Gasteiger partial charge in [0.05, 0.1) is 33.4 Å². The van der Waals surface area contributed by atoms with Gasteiger partial charge in [-0.1, -0.05) is 29.0 Å². The summed E-state index contributed by atoms with van der Waals surface area (Å²) in [5, 5.41) is 22.4. The van der Waals surface area contributed by atoms with E-state index in [1.807, 2.05) is 26.0 Å². The molecule has 0 bridgehead atoms. The van der Waals surface area contributed by atoms with Crippen molar-refractivity contribution in [1.29, 1.82) is 0 Å². The smallest absolute Gasteiger partial charge is 0.301 e. The van der Waals surface area contributed by atoms with Gasteiger partial charge in [0.2, 0.25) is 0 Å². The lowest BCUT2D eigenvalue weighted by atomic mass is 9.95. The second kappa shape index (κ2) is 9.48. The Bertz CT molecular complexity index is 1630. The molecule has 1 saturated heterocycles. The molecule has 2 N–H and O–H groups in total. The number of aliphatic hydroxyl groups excluding tert-OH is 1. The van der Waals surface area contributed by atoms with E-state index in [4.69, 9.17) is 21.3 Å². The number of thiazole rings is 1. The van der Waals surface area contributed by atoms with Crippen molar-refractivity contribution in [3.63, 3.8) is 0 Å². The molecule has 0 radical (unpaired) electrons. The lowest BCUT2D eigenvalue weighted by Crippen LogP contribution is -2.29. The van der Waals surface area contributed by atoms with Gasteiger partial charge in [-0.05, 0) is 88.9 Å². The van der Waals surface area contributed by atoms with Gasteiger partial charge in [-0.3, -0.25) is 14.5 Å². The number of rotatable bonds is 4. The molecule has 5 rings (SSSR count). The first-order valence-electron chi connectivity index (χ1n) is 11.1. The molecule has 1 aliphatic heterocycles. The van der Waals surface area contributed by atoms with Crippen LogP contribution in [0.1, 0.15) is 28.3 Å². The first-order chi connectivity index (χ1) is 17.6. The number of aryl methyl sites for hydroxylation is 2. The van der Waals surface area contributed by atoms with Crippen LogP contribution in [0.25, 0.3) is 16.0 Å². The molecular formula is C27H20BrClN2O5S. The van der Waals surface area contributed by atoms with Gasteiger partial charge in [0, 0.05) is 10.6 Å². The Morgan fingerprint density at radius 1 is 1.14 bits per heavy atom. The molecule has 7 nitrogen and oxygen atoms in total. The number of aromatic hydroxyl groups is 1. The minimum absolute atomic E-state index is 0.112. The van der Waals surface area contributed by atoms with Crippen LogP contribution >= 0.6 is 38.9 Å². The molecule has 1 unspecified atom stereocenters. The lowest BCUT2D eigenvalue weighted by Gasteiger charge is -2.24. The number of hydrogen-bond donors (Lipinski definition) is 2. The lowest BCUT2D eigenvalue weighted by molar-refractivity contribution is -0.132. The maximum Gasteiger partial charge on any atom is 0.301 e. The molecule has 4 aromatic rings. The van der Waals surface area contributed by atoms with Crippen molar-refractivity contribution in [1.82, 2.24) is 4.98 Å². The summed E-state index contributed by atoms with van der Waals surface area (Å²) < 4.78 is 6.49. The number of phenols is 1. The number of aromatic nitrogens is 1. The van der Waals surface area contributed by atoms with Gasteiger partial charge in [-0.15, -0.1) is 0 Å². The van der Waals surface area contributed by atoms with Crippen LogP contribution in [0, 0.1) is 13.8 Å². The van der Waals surface area contributed by atoms with Crippen LogP contribution in [0.3, 0.4) is 0 Å². The summed E-state index contributed by atoms with van der Waals surface area (Å²) in [5.74, 6) is -2.02. The zero-order valence-corrected chi connectivity index (χ0v) is 23.0. The van der Waals surface area contributed by atoms with E-state index in [2.05, 4.69) is 15.9 Å². The van der Waals surface area contributed by atoms with Crippen LogP contribution in [0.4, 0.5) is 5.13 Å². The summed E-state index contributed by atoms with van der Waals surface area (Å²) in [4.78, 5) is 33.0.